The van der Waals surface area contributed by atoms with Crippen molar-refractivity contribution in [2.75, 3.05) is 4.31 Å². The first kappa shape index (κ1) is 18.9. The molecule has 0 aliphatic carbocycles. The van der Waals surface area contributed by atoms with E-state index in [2.05, 4.69) is 0 Å². The smallest absolute Gasteiger partial charge is 0.264 e. The minimum absolute atomic E-state index is 0.157. The number of hydrogen-bond acceptors (Lipinski definition) is 3. The van der Waals surface area contributed by atoms with Crippen LogP contribution in [0.25, 0.3) is 0 Å². The number of para-hydroxylation sites is 1. The Morgan fingerprint density at radius 2 is 1.33 bits per heavy atom. The monoisotopic (exact) mass is 379 g/mol. The lowest BCUT2D eigenvalue weighted by Gasteiger charge is -2.29. The molecule has 0 spiro atoms. The molecule has 0 bridgehead atoms. The van der Waals surface area contributed by atoms with Crippen molar-refractivity contribution in [3.63, 3.8) is 0 Å². The molecule has 0 radical (unpaired) electrons. The molecule has 0 aromatic heterocycles. The Morgan fingerprint density at radius 3 is 1.89 bits per heavy atom. The average Bonchev–Trinajstić information content (AvgIpc) is 2.69. The molecule has 0 saturated carbocycles. The van der Waals surface area contributed by atoms with Crippen LogP contribution in [0.1, 0.15) is 22.8 Å². The average molecular weight is 379 g/mol. The van der Waals surface area contributed by atoms with E-state index in [0.29, 0.717) is 11.3 Å². The fourth-order valence-electron chi connectivity index (χ4n) is 2.92. The van der Waals surface area contributed by atoms with Gasteiger partial charge in [0, 0.05) is 5.56 Å². The van der Waals surface area contributed by atoms with Crippen molar-refractivity contribution in [2.45, 2.75) is 24.8 Å². The van der Waals surface area contributed by atoms with E-state index in [1.165, 1.54) is 4.31 Å². The van der Waals surface area contributed by atoms with Crippen LogP contribution in [0.2, 0.25) is 0 Å². The molecule has 5 heteroatoms. The zero-order valence-electron chi connectivity index (χ0n) is 15.2. The van der Waals surface area contributed by atoms with Gasteiger partial charge < -0.3 is 0 Å². The first-order chi connectivity index (χ1) is 12.9. The van der Waals surface area contributed by atoms with Crippen molar-refractivity contribution in [2.24, 2.45) is 0 Å². The molecule has 4 nitrogen and oxygen atoms in total. The second kappa shape index (κ2) is 7.76. The fourth-order valence-corrected chi connectivity index (χ4v) is 4.54. The minimum atomic E-state index is -3.91. The van der Waals surface area contributed by atoms with E-state index in [-0.39, 0.29) is 10.7 Å². The molecule has 3 rings (SSSR count). The molecule has 0 amide bonds. The van der Waals surface area contributed by atoms with E-state index < -0.39 is 16.1 Å². The van der Waals surface area contributed by atoms with Crippen LogP contribution >= 0.6 is 0 Å². The van der Waals surface area contributed by atoms with E-state index in [0.717, 1.165) is 5.56 Å². The summed E-state index contributed by atoms with van der Waals surface area (Å²) in [7, 11) is -3.91. The predicted octanol–water partition coefficient (Wildman–Crippen LogP) is 4.46. The van der Waals surface area contributed by atoms with E-state index >= 15 is 0 Å². The molecule has 27 heavy (non-hydrogen) atoms. The third-order valence-electron chi connectivity index (χ3n) is 4.38. The van der Waals surface area contributed by atoms with Crippen molar-refractivity contribution in [3.8, 4) is 0 Å². The summed E-state index contributed by atoms with van der Waals surface area (Å²) < 4.78 is 28.0. The molecular weight excluding hydrogens is 358 g/mol. The number of carbonyl (C=O) groups is 1. The van der Waals surface area contributed by atoms with Crippen molar-refractivity contribution in [1.29, 1.82) is 0 Å². The van der Waals surface area contributed by atoms with Gasteiger partial charge in [-0.1, -0.05) is 66.2 Å². The van der Waals surface area contributed by atoms with E-state index in [1.54, 1.807) is 79.7 Å². The van der Waals surface area contributed by atoms with E-state index in [1.807, 2.05) is 19.1 Å². The van der Waals surface area contributed by atoms with Crippen molar-refractivity contribution in [1.82, 2.24) is 0 Å². The van der Waals surface area contributed by atoms with Crippen molar-refractivity contribution in [3.05, 3.63) is 96.1 Å². The van der Waals surface area contributed by atoms with Crippen LogP contribution in [-0.4, -0.2) is 20.2 Å². The van der Waals surface area contributed by atoms with Crippen LogP contribution in [-0.2, 0) is 10.0 Å². The minimum Gasteiger partial charge on any atom is -0.292 e. The number of Topliss-reactive ketones (excluding diaryl/α,β-unsaturated/α-hetero) is 1. The van der Waals surface area contributed by atoms with Gasteiger partial charge in [0.2, 0.25) is 0 Å². The Labute approximate surface area is 160 Å². The third-order valence-corrected chi connectivity index (χ3v) is 6.29. The maximum atomic E-state index is 13.4. The number of nitrogens with zero attached hydrogens (tertiary/aromatic N) is 1. The van der Waals surface area contributed by atoms with Crippen LogP contribution in [0, 0.1) is 6.92 Å². The van der Waals surface area contributed by atoms with Gasteiger partial charge in [-0.05, 0) is 38.1 Å². The van der Waals surface area contributed by atoms with Crippen LogP contribution in [0.3, 0.4) is 0 Å². The van der Waals surface area contributed by atoms with Gasteiger partial charge in [-0.3, -0.25) is 9.10 Å². The number of benzene rings is 3. The largest absolute Gasteiger partial charge is 0.292 e. The van der Waals surface area contributed by atoms with Gasteiger partial charge in [0.1, 0.15) is 6.04 Å². The lowest BCUT2D eigenvalue weighted by molar-refractivity contribution is 0.0969. The highest BCUT2D eigenvalue weighted by atomic mass is 32.2. The summed E-state index contributed by atoms with van der Waals surface area (Å²) in [6.07, 6.45) is 0. The summed E-state index contributed by atoms with van der Waals surface area (Å²) in [5.41, 5.74) is 1.90. The first-order valence-electron chi connectivity index (χ1n) is 8.66. The molecule has 3 aromatic rings. The number of anilines is 1. The summed E-state index contributed by atoms with van der Waals surface area (Å²) in [5.74, 6) is -0.255. The molecular formula is C22H21NO3S. The lowest BCUT2D eigenvalue weighted by Crippen LogP contribution is -2.43. The van der Waals surface area contributed by atoms with Crippen LogP contribution in [0.4, 0.5) is 5.69 Å². The Morgan fingerprint density at radius 1 is 0.815 bits per heavy atom. The maximum absolute atomic E-state index is 13.4. The normalized spacial score (nSPS) is 12.4. The maximum Gasteiger partial charge on any atom is 0.264 e. The number of hydrogen-bond donors (Lipinski definition) is 0. The lowest BCUT2D eigenvalue weighted by atomic mass is 10.1. The van der Waals surface area contributed by atoms with Crippen LogP contribution < -0.4 is 4.31 Å². The molecule has 0 aliphatic heterocycles. The Hall–Kier alpha value is -2.92. The van der Waals surface area contributed by atoms with Gasteiger partial charge in [-0.25, -0.2) is 8.42 Å². The highest BCUT2D eigenvalue weighted by Crippen LogP contribution is 2.27. The van der Waals surface area contributed by atoms with Crippen molar-refractivity contribution < 1.29 is 13.2 Å². The molecule has 0 N–H and O–H groups in total. The third kappa shape index (κ3) is 3.93. The molecule has 3 aromatic carbocycles. The summed E-state index contributed by atoms with van der Waals surface area (Å²) in [6, 6.07) is 23.2. The van der Waals surface area contributed by atoms with E-state index in [9.17, 15) is 13.2 Å². The molecule has 0 fully saturated rings. The van der Waals surface area contributed by atoms with Gasteiger partial charge in [0.05, 0.1) is 10.6 Å². The van der Waals surface area contributed by atoms with Gasteiger partial charge in [-0.2, -0.15) is 0 Å². The summed E-state index contributed by atoms with van der Waals surface area (Å²) in [4.78, 5) is 13.1. The zero-order valence-corrected chi connectivity index (χ0v) is 16.1. The quantitative estimate of drug-likeness (QED) is 0.594. The highest BCUT2D eigenvalue weighted by Gasteiger charge is 2.33. The molecule has 0 aliphatic rings. The number of sulfonamides is 1. The summed E-state index contributed by atoms with van der Waals surface area (Å²) in [6.45, 7) is 3.51. The summed E-state index contributed by atoms with van der Waals surface area (Å²) >= 11 is 0. The molecule has 0 unspecified atom stereocenters. The molecule has 0 saturated heterocycles. The van der Waals surface area contributed by atoms with Crippen LogP contribution in [0.5, 0.6) is 0 Å². The number of ketones is 1. The Kier molecular flexibility index (Phi) is 5.42. The van der Waals surface area contributed by atoms with Crippen molar-refractivity contribution >= 4 is 21.5 Å². The SMILES string of the molecule is Cc1ccc(S(=O)(=O)N(c2ccccc2)[C@@H](C)C(=O)c2ccccc2)cc1. The summed E-state index contributed by atoms with van der Waals surface area (Å²) in [5, 5.41) is 0. The Balaban J connectivity index is 2.09. The van der Waals surface area contributed by atoms with Gasteiger partial charge in [-0.15, -0.1) is 0 Å². The van der Waals surface area contributed by atoms with Gasteiger partial charge in [0.15, 0.2) is 5.78 Å². The van der Waals surface area contributed by atoms with Crippen LogP contribution in [0.15, 0.2) is 89.8 Å². The number of carbonyl (C=O) groups excluding carboxylic acids is 1. The highest BCUT2D eigenvalue weighted by molar-refractivity contribution is 7.93. The predicted molar refractivity (Wildman–Crippen MR) is 108 cm³/mol. The van der Waals surface area contributed by atoms with Gasteiger partial charge >= 0.3 is 0 Å². The first-order valence-corrected chi connectivity index (χ1v) is 10.1. The molecule has 138 valence electrons. The number of aryl methyl sites for hydroxylation is 1. The second-order valence-corrected chi connectivity index (χ2v) is 8.17. The van der Waals surface area contributed by atoms with E-state index in [4.69, 9.17) is 0 Å². The van der Waals surface area contributed by atoms with Gasteiger partial charge in [0.25, 0.3) is 10.0 Å². The molecule has 0 heterocycles. The topological polar surface area (TPSA) is 54.5 Å². The standard InChI is InChI=1S/C22H21NO3S/c1-17-13-15-21(16-14-17)27(25,26)23(20-11-7-4-8-12-20)18(2)22(24)19-9-5-3-6-10-19/h3-16,18H,1-2H3/t18-/m0/s1. The molecule has 1 atom stereocenters. The Bertz CT molecular complexity index is 1010. The fraction of sp³-hybridized carbons (Fsp3) is 0.136. The second-order valence-electron chi connectivity index (χ2n) is 6.36. The zero-order chi connectivity index (χ0) is 19.4. The number of rotatable bonds is 6.